The Bertz CT molecular complexity index is 1720. The van der Waals surface area contributed by atoms with Gasteiger partial charge < -0.3 is 20.1 Å². The van der Waals surface area contributed by atoms with Crippen LogP contribution in [0, 0.1) is 13.8 Å². The number of hydrogen-bond acceptors (Lipinski definition) is 8. The summed E-state index contributed by atoms with van der Waals surface area (Å²) in [5.41, 5.74) is 7.98. The summed E-state index contributed by atoms with van der Waals surface area (Å²) in [4.78, 5) is 18.5. The second-order valence-electron chi connectivity index (χ2n) is 10.1. The Morgan fingerprint density at radius 1 is 0.951 bits per heavy atom. The van der Waals surface area contributed by atoms with E-state index in [9.17, 15) is 0 Å². The van der Waals surface area contributed by atoms with Crippen LogP contribution in [0.1, 0.15) is 23.4 Å². The molecule has 0 bridgehead atoms. The fourth-order valence-electron chi connectivity index (χ4n) is 5.18. The van der Waals surface area contributed by atoms with Crippen molar-refractivity contribution in [2.24, 2.45) is 0 Å². The standard InChI is InChI=1S/C32H31ClN6O2/c1-19-23(7-5-10-26(19)38-31-30-28(11-6-15-34-30)36-20(2)37-31)24-8-4-9-25(29(24)33)27-13-12-21(32(39-27)40-3)17-35-22-14-16-41-18-22/h4-13,15,22,35H,14,16-18H2,1-3H3,(H,36,37,38)/t22-/m0/s1. The van der Waals surface area contributed by atoms with Crippen LogP contribution in [0.15, 0.2) is 66.9 Å². The molecular weight excluding hydrogens is 536 g/mol. The average molecular weight is 567 g/mol. The lowest BCUT2D eigenvalue weighted by Crippen LogP contribution is -2.28. The molecule has 1 aliphatic rings. The molecule has 2 N–H and O–H groups in total. The van der Waals surface area contributed by atoms with Gasteiger partial charge in [0.1, 0.15) is 11.3 Å². The zero-order chi connectivity index (χ0) is 28.3. The summed E-state index contributed by atoms with van der Waals surface area (Å²) in [6, 6.07) is 20.3. The Morgan fingerprint density at radius 2 is 1.78 bits per heavy atom. The first-order valence-electron chi connectivity index (χ1n) is 13.6. The van der Waals surface area contributed by atoms with Crippen molar-refractivity contribution in [3.63, 3.8) is 0 Å². The number of halogens is 1. The van der Waals surface area contributed by atoms with Crippen LogP contribution in [-0.4, -0.2) is 46.3 Å². The molecular formula is C32H31ClN6O2. The highest BCUT2D eigenvalue weighted by Gasteiger charge is 2.18. The van der Waals surface area contributed by atoms with Crippen LogP contribution >= 0.6 is 11.6 Å². The van der Waals surface area contributed by atoms with E-state index in [1.807, 2.05) is 61.5 Å². The van der Waals surface area contributed by atoms with Gasteiger partial charge in [-0.1, -0.05) is 48.0 Å². The highest BCUT2D eigenvalue weighted by Crippen LogP contribution is 2.40. The maximum absolute atomic E-state index is 7.09. The van der Waals surface area contributed by atoms with Crippen molar-refractivity contribution in [2.75, 3.05) is 25.6 Å². The van der Waals surface area contributed by atoms with Crippen LogP contribution in [0.4, 0.5) is 11.5 Å². The molecule has 6 rings (SSSR count). The molecule has 0 spiro atoms. The summed E-state index contributed by atoms with van der Waals surface area (Å²) in [6.07, 6.45) is 2.76. The molecule has 0 aliphatic carbocycles. The zero-order valence-electron chi connectivity index (χ0n) is 23.2. The summed E-state index contributed by atoms with van der Waals surface area (Å²) >= 11 is 7.09. The Balaban J connectivity index is 1.32. The first kappa shape index (κ1) is 27.1. The molecule has 1 saturated heterocycles. The molecule has 41 heavy (non-hydrogen) atoms. The Labute approximate surface area is 244 Å². The minimum atomic E-state index is 0.354. The smallest absolute Gasteiger partial charge is 0.218 e. The van der Waals surface area contributed by atoms with Gasteiger partial charge in [-0.3, -0.25) is 4.98 Å². The van der Waals surface area contributed by atoms with Crippen molar-refractivity contribution in [3.05, 3.63) is 88.8 Å². The molecule has 5 aromatic rings. The molecule has 1 fully saturated rings. The molecule has 8 nitrogen and oxygen atoms in total. The fourth-order valence-corrected chi connectivity index (χ4v) is 5.50. The maximum Gasteiger partial charge on any atom is 0.218 e. The summed E-state index contributed by atoms with van der Waals surface area (Å²) < 4.78 is 11.1. The Hall–Kier alpha value is -4.11. The van der Waals surface area contributed by atoms with Gasteiger partial charge in [0.15, 0.2) is 5.82 Å². The Morgan fingerprint density at radius 3 is 2.61 bits per heavy atom. The molecule has 3 aromatic heterocycles. The number of benzene rings is 2. The monoisotopic (exact) mass is 566 g/mol. The average Bonchev–Trinajstić information content (AvgIpc) is 3.51. The van der Waals surface area contributed by atoms with E-state index in [0.717, 1.165) is 69.9 Å². The number of ether oxygens (including phenoxy) is 2. The van der Waals surface area contributed by atoms with Gasteiger partial charge in [-0.05, 0) is 55.7 Å². The van der Waals surface area contributed by atoms with Crippen molar-refractivity contribution in [3.8, 4) is 28.3 Å². The summed E-state index contributed by atoms with van der Waals surface area (Å²) in [6.45, 7) is 6.14. The van der Waals surface area contributed by atoms with E-state index in [1.54, 1.807) is 13.3 Å². The van der Waals surface area contributed by atoms with Gasteiger partial charge >= 0.3 is 0 Å². The number of nitrogens with zero attached hydrogens (tertiary/aromatic N) is 4. The van der Waals surface area contributed by atoms with Crippen molar-refractivity contribution in [1.29, 1.82) is 0 Å². The third kappa shape index (κ3) is 5.59. The lowest BCUT2D eigenvalue weighted by molar-refractivity contribution is 0.189. The number of aromatic nitrogens is 4. The minimum absolute atomic E-state index is 0.354. The van der Waals surface area contributed by atoms with Gasteiger partial charge in [0.25, 0.3) is 0 Å². The van der Waals surface area contributed by atoms with E-state index in [-0.39, 0.29) is 0 Å². The largest absolute Gasteiger partial charge is 0.481 e. The molecule has 0 radical (unpaired) electrons. The number of aryl methyl sites for hydroxylation is 1. The van der Waals surface area contributed by atoms with Crippen LogP contribution in [0.25, 0.3) is 33.4 Å². The normalized spacial score (nSPS) is 14.9. The molecule has 0 saturated carbocycles. The Kier molecular flexibility index (Phi) is 7.78. The lowest BCUT2D eigenvalue weighted by atomic mass is 9.96. The van der Waals surface area contributed by atoms with Crippen LogP contribution in [0.2, 0.25) is 5.02 Å². The number of fused-ring (bicyclic) bond motifs is 1. The zero-order valence-corrected chi connectivity index (χ0v) is 24.0. The van der Waals surface area contributed by atoms with Gasteiger partial charge in [0.2, 0.25) is 5.88 Å². The van der Waals surface area contributed by atoms with E-state index in [2.05, 4.69) is 38.6 Å². The third-order valence-corrected chi connectivity index (χ3v) is 7.77. The van der Waals surface area contributed by atoms with Gasteiger partial charge in [0.05, 0.1) is 29.9 Å². The summed E-state index contributed by atoms with van der Waals surface area (Å²) in [7, 11) is 1.64. The highest BCUT2D eigenvalue weighted by molar-refractivity contribution is 6.36. The topological polar surface area (TPSA) is 94.1 Å². The molecule has 0 amide bonds. The predicted octanol–water partition coefficient (Wildman–Crippen LogP) is 6.65. The first-order chi connectivity index (χ1) is 20.0. The van der Waals surface area contributed by atoms with E-state index in [1.165, 1.54) is 0 Å². The third-order valence-electron chi connectivity index (χ3n) is 7.36. The van der Waals surface area contributed by atoms with Crippen molar-refractivity contribution in [2.45, 2.75) is 32.9 Å². The van der Waals surface area contributed by atoms with Crippen molar-refractivity contribution < 1.29 is 9.47 Å². The molecule has 208 valence electrons. The minimum Gasteiger partial charge on any atom is -0.481 e. The van der Waals surface area contributed by atoms with E-state index in [4.69, 9.17) is 26.1 Å². The van der Waals surface area contributed by atoms with Crippen LogP contribution in [0.5, 0.6) is 5.88 Å². The number of rotatable bonds is 8. The highest BCUT2D eigenvalue weighted by atomic mass is 35.5. The second kappa shape index (κ2) is 11.8. The van der Waals surface area contributed by atoms with Crippen LogP contribution in [0.3, 0.4) is 0 Å². The van der Waals surface area contributed by atoms with Gasteiger partial charge in [-0.25, -0.2) is 15.0 Å². The molecule has 0 unspecified atom stereocenters. The number of nitrogens with one attached hydrogen (secondary N) is 2. The quantitative estimate of drug-likeness (QED) is 0.215. The summed E-state index contributed by atoms with van der Waals surface area (Å²) in [5.74, 6) is 1.92. The predicted molar refractivity (Wildman–Crippen MR) is 163 cm³/mol. The van der Waals surface area contributed by atoms with Crippen LogP contribution < -0.4 is 15.4 Å². The van der Waals surface area contributed by atoms with Gasteiger partial charge in [-0.15, -0.1) is 0 Å². The maximum atomic E-state index is 7.09. The van der Waals surface area contributed by atoms with E-state index >= 15 is 0 Å². The molecule has 1 aliphatic heterocycles. The molecule has 1 atom stereocenters. The number of methoxy groups -OCH3 is 1. The number of hydrogen-bond donors (Lipinski definition) is 2. The SMILES string of the molecule is COc1nc(-c2cccc(-c3cccc(Nc4nc(C)nc5cccnc45)c3C)c2Cl)ccc1CN[C@H]1CCOC1. The van der Waals surface area contributed by atoms with Crippen molar-refractivity contribution >= 4 is 34.1 Å². The van der Waals surface area contributed by atoms with Crippen molar-refractivity contribution in [1.82, 2.24) is 25.3 Å². The van der Waals surface area contributed by atoms with Gasteiger partial charge in [0, 0.05) is 47.8 Å². The number of anilines is 2. The fraction of sp³-hybridized carbons (Fsp3) is 0.250. The molecule has 9 heteroatoms. The van der Waals surface area contributed by atoms with E-state index in [0.29, 0.717) is 35.1 Å². The van der Waals surface area contributed by atoms with Gasteiger partial charge in [-0.2, -0.15) is 0 Å². The summed E-state index contributed by atoms with van der Waals surface area (Å²) in [5, 5.41) is 7.64. The first-order valence-corrected chi connectivity index (χ1v) is 14.0. The van der Waals surface area contributed by atoms with E-state index < -0.39 is 0 Å². The molecule has 2 aromatic carbocycles. The number of pyridine rings is 2. The second-order valence-corrected chi connectivity index (χ2v) is 10.4. The van der Waals surface area contributed by atoms with Crippen LogP contribution in [-0.2, 0) is 11.3 Å². The lowest BCUT2D eigenvalue weighted by Gasteiger charge is -2.17. The molecule has 4 heterocycles.